The number of hydrogen-bond donors (Lipinski definition) is 0. The van der Waals surface area contributed by atoms with Crippen molar-refractivity contribution in [2.75, 3.05) is 24.0 Å². The average Bonchev–Trinajstić information content (AvgIpc) is 2.74. The summed E-state index contributed by atoms with van der Waals surface area (Å²) in [5, 5.41) is 0. The van der Waals surface area contributed by atoms with Crippen LogP contribution >= 0.6 is 0 Å². The Labute approximate surface area is 170 Å². The van der Waals surface area contributed by atoms with Crippen LogP contribution in [0.5, 0.6) is 5.75 Å². The van der Waals surface area contributed by atoms with Gasteiger partial charge in [-0.15, -0.1) is 0 Å². The Morgan fingerprint density at radius 2 is 1.59 bits per heavy atom. The molecule has 0 unspecified atom stereocenters. The number of amides is 1. The van der Waals surface area contributed by atoms with Crippen molar-refractivity contribution < 1.29 is 19.1 Å². The summed E-state index contributed by atoms with van der Waals surface area (Å²) in [6, 6.07) is 15.0. The molecule has 4 rings (SSSR count). The fraction of sp³-hybridized carbons (Fsp3) is 0.304. The summed E-state index contributed by atoms with van der Waals surface area (Å²) >= 11 is 0. The predicted octanol–water partition coefficient (Wildman–Crippen LogP) is 3.10. The van der Waals surface area contributed by atoms with Crippen LogP contribution in [0.2, 0.25) is 0 Å². The number of hydrogen-bond acceptors (Lipinski definition) is 5. The maximum atomic E-state index is 12.8. The van der Waals surface area contributed by atoms with Crippen LogP contribution in [0.4, 0.5) is 11.4 Å². The van der Waals surface area contributed by atoms with Crippen LogP contribution < -0.4 is 14.5 Å². The van der Waals surface area contributed by atoms with Crippen LogP contribution in [0, 0.1) is 6.92 Å². The number of ketones is 1. The monoisotopic (exact) mass is 392 g/mol. The van der Waals surface area contributed by atoms with E-state index in [0.29, 0.717) is 6.42 Å². The Morgan fingerprint density at radius 1 is 0.931 bits per heavy atom. The van der Waals surface area contributed by atoms with Gasteiger partial charge in [0.2, 0.25) is 0 Å². The molecule has 29 heavy (non-hydrogen) atoms. The first-order valence-corrected chi connectivity index (χ1v) is 9.59. The largest absolute Gasteiger partial charge is 0.497 e. The van der Waals surface area contributed by atoms with Gasteiger partial charge < -0.3 is 19.3 Å². The zero-order valence-corrected chi connectivity index (χ0v) is 16.7. The van der Waals surface area contributed by atoms with Gasteiger partial charge in [0.1, 0.15) is 5.75 Å². The van der Waals surface area contributed by atoms with E-state index in [1.165, 1.54) is 0 Å². The molecular weight excluding hydrogens is 368 g/mol. The van der Waals surface area contributed by atoms with Crippen molar-refractivity contribution in [1.29, 1.82) is 0 Å². The quantitative estimate of drug-likeness (QED) is 0.732. The standard InChI is InChI=1S/C23H24N2O4/c1-15-4-6-17(7-5-15)25-21(22(29-3)23(25)27)20-14-18(26)12-13-24(20)16-8-10-19(28-2)11-9-16/h4-13,20-22H,14H2,1-3H3/t20-,21-,22+/m0/s1. The number of carbonyl (C=O) groups excluding carboxylic acids is 2. The molecule has 2 aromatic carbocycles. The zero-order valence-electron chi connectivity index (χ0n) is 16.7. The SMILES string of the molecule is COc1ccc(N2C=CC(=O)C[C@H]2[C@H]2[C@@H](OC)C(=O)N2c2ccc(C)cc2)cc1. The van der Waals surface area contributed by atoms with Gasteiger partial charge in [0.05, 0.1) is 19.2 Å². The van der Waals surface area contributed by atoms with Crippen molar-refractivity contribution >= 4 is 23.1 Å². The molecule has 0 spiro atoms. The fourth-order valence-electron chi connectivity index (χ4n) is 4.07. The van der Waals surface area contributed by atoms with Gasteiger partial charge in [-0.3, -0.25) is 9.59 Å². The van der Waals surface area contributed by atoms with Gasteiger partial charge in [-0.05, 0) is 49.4 Å². The van der Waals surface area contributed by atoms with E-state index in [2.05, 4.69) is 0 Å². The Morgan fingerprint density at radius 3 is 2.21 bits per heavy atom. The lowest BCUT2D eigenvalue weighted by Crippen LogP contribution is -2.73. The van der Waals surface area contributed by atoms with E-state index in [4.69, 9.17) is 9.47 Å². The smallest absolute Gasteiger partial charge is 0.258 e. The Balaban J connectivity index is 1.70. The number of rotatable bonds is 5. The maximum Gasteiger partial charge on any atom is 0.258 e. The van der Waals surface area contributed by atoms with E-state index < -0.39 is 6.10 Å². The molecule has 2 aromatic rings. The number of ether oxygens (including phenoxy) is 2. The first kappa shape index (κ1) is 19.2. The third-order valence-corrected chi connectivity index (χ3v) is 5.61. The highest BCUT2D eigenvalue weighted by atomic mass is 16.5. The molecule has 0 aliphatic carbocycles. The Bertz CT molecular complexity index is 936. The van der Waals surface area contributed by atoms with Crippen molar-refractivity contribution in [3.8, 4) is 5.75 Å². The molecule has 0 aromatic heterocycles. The van der Waals surface area contributed by atoms with Crippen LogP contribution in [0.25, 0.3) is 0 Å². The molecule has 3 atom stereocenters. The third-order valence-electron chi connectivity index (χ3n) is 5.61. The number of benzene rings is 2. The molecule has 1 saturated heterocycles. The molecule has 1 amide bonds. The summed E-state index contributed by atoms with van der Waals surface area (Å²) in [6.45, 7) is 2.01. The van der Waals surface area contributed by atoms with E-state index >= 15 is 0 Å². The second kappa shape index (κ2) is 7.72. The topological polar surface area (TPSA) is 59.1 Å². The third kappa shape index (κ3) is 3.40. The molecule has 0 bridgehead atoms. The summed E-state index contributed by atoms with van der Waals surface area (Å²) < 4.78 is 10.8. The van der Waals surface area contributed by atoms with Crippen molar-refractivity contribution in [2.24, 2.45) is 0 Å². The van der Waals surface area contributed by atoms with Gasteiger partial charge >= 0.3 is 0 Å². The molecular formula is C23H24N2O4. The van der Waals surface area contributed by atoms with E-state index in [1.54, 1.807) is 31.4 Å². The van der Waals surface area contributed by atoms with Gasteiger partial charge in [-0.2, -0.15) is 0 Å². The molecule has 6 nitrogen and oxygen atoms in total. The minimum absolute atomic E-state index is 0.0396. The van der Waals surface area contributed by atoms with E-state index in [1.807, 2.05) is 60.4 Å². The van der Waals surface area contributed by atoms with Crippen LogP contribution in [-0.4, -0.2) is 44.1 Å². The van der Waals surface area contributed by atoms with Crippen molar-refractivity contribution in [2.45, 2.75) is 31.5 Å². The minimum atomic E-state index is -0.582. The molecule has 2 heterocycles. The highest BCUT2D eigenvalue weighted by Crippen LogP contribution is 2.37. The summed E-state index contributed by atoms with van der Waals surface area (Å²) in [4.78, 5) is 28.9. The summed E-state index contributed by atoms with van der Waals surface area (Å²) in [7, 11) is 3.17. The predicted molar refractivity (Wildman–Crippen MR) is 111 cm³/mol. The molecule has 2 aliphatic heterocycles. The maximum absolute atomic E-state index is 12.8. The van der Waals surface area contributed by atoms with Gasteiger partial charge in [-0.1, -0.05) is 17.7 Å². The van der Waals surface area contributed by atoms with E-state index in [0.717, 1.165) is 22.7 Å². The van der Waals surface area contributed by atoms with Crippen molar-refractivity contribution in [3.05, 3.63) is 66.4 Å². The number of allylic oxidation sites excluding steroid dienone is 1. The fourth-order valence-corrected chi connectivity index (χ4v) is 4.07. The number of β-lactam (4-membered cyclic amide) rings is 1. The number of anilines is 2. The number of carbonyl (C=O) groups is 2. The second-order valence-corrected chi connectivity index (χ2v) is 7.35. The lowest BCUT2D eigenvalue weighted by molar-refractivity contribution is -0.140. The van der Waals surface area contributed by atoms with E-state index in [9.17, 15) is 9.59 Å². The van der Waals surface area contributed by atoms with Gasteiger partial charge in [0.25, 0.3) is 5.91 Å². The molecule has 6 heteroatoms. The summed E-state index contributed by atoms with van der Waals surface area (Å²) in [5.74, 6) is 0.716. The average molecular weight is 392 g/mol. The molecule has 2 aliphatic rings. The molecule has 150 valence electrons. The molecule has 0 radical (unpaired) electrons. The first-order chi connectivity index (χ1) is 14.0. The zero-order chi connectivity index (χ0) is 20.5. The summed E-state index contributed by atoms with van der Waals surface area (Å²) in [5.41, 5.74) is 2.87. The van der Waals surface area contributed by atoms with Crippen LogP contribution in [0.3, 0.4) is 0 Å². The minimum Gasteiger partial charge on any atom is -0.497 e. The van der Waals surface area contributed by atoms with Crippen molar-refractivity contribution in [1.82, 2.24) is 0 Å². The van der Waals surface area contributed by atoms with Gasteiger partial charge in [0.15, 0.2) is 11.9 Å². The molecule has 1 fully saturated rings. The van der Waals surface area contributed by atoms with Crippen LogP contribution in [-0.2, 0) is 14.3 Å². The molecule has 0 saturated carbocycles. The lowest BCUT2D eigenvalue weighted by Gasteiger charge is -2.52. The highest BCUT2D eigenvalue weighted by molar-refractivity contribution is 6.06. The van der Waals surface area contributed by atoms with Crippen LogP contribution in [0.15, 0.2) is 60.8 Å². The summed E-state index contributed by atoms with van der Waals surface area (Å²) in [6.07, 6.45) is 3.10. The van der Waals surface area contributed by atoms with Crippen LogP contribution in [0.1, 0.15) is 12.0 Å². The number of methoxy groups -OCH3 is 2. The molecule has 0 N–H and O–H groups in total. The lowest BCUT2D eigenvalue weighted by atomic mass is 9.84. The van der Waals surface area contributed by atoms with E-state index in [-0.39, 0.29) is 23.8 Å². The highest BCUT2D eigenvalue weighted by Gasteiger charge is 2.54. The normalized spacial score (nSPS) is 23.9. The Hall–Kier alpha value is -3.12. The van der Waals surface area contributed by atoms with Gasteiger partial charge in [-0.25, -0.2) is 0 Å². The van der Waals surface area contributed by atoms with Crippen molar-refractivity contribution in [3.63, 3.8) is 0 Å². The first-order valence-electron chi connectivity index (χ1n) is 9.59. The number of nitrogens with zero attached hydrogens (tertiary/aromatic N) is 2. The van der Waals surface area contributed by atoms with Gasteiger partial charge in [0, 0.05) is 31.1 Å². The number of aryl methyl sites for hydroxylation is 1. The second-order valence-electron chi connectivity index (χ2n) is 7.35. The Kier molecular flexibility index (Phi) is 5.11.